The zero-order valence-electron chi connectivity index (χ0n) is 20.1. The summed E-state index contributed by atoms with van der Waals surface area (Å²) in [5.74, 6) is 1.14. The molecule has 0 atom stereocenters. The number of amides is 1. The van der Waals surface area contributed by atoms with E-state index in [4.69, 9.17) is 9.57 Å². The van der Waals surface area contributed by atoms with E-state index >= 15 is 0 Å². The minimum atomic E-state index is -0.274. The fourth-order valence-electron chi connectivity index (χ4n) is 3.44. The van der Waals surface area contributed by atoms with Crippen LogP contribution in [0.25, 0.3) is 11.4 Å². The van der Waals surface area contributed by atoms with Crippen molar-refractivity contribution >= 4 is 11.6 Å². The van der Waals surface area contributed by atoms with Crippen molar-refractivity contribution in [1.82, 2.24) is 19.9 Å². The van der Waals surface area contributed by atoms with E-state index in [-0.39, 0.29) is 12.5 Å². The van der Waals surface area contributed by atoms with E-state index in [2.05, 4.69) is 19.9 Å². The van der Waals surface area contributed by atoms with Crippen molar-refractivity contribution in [3.8, 4) is 17.1 Å². The van der Waals surface area contributed by atoms with Crippen LogP contribution in [0.1, 0.15) is 21.6 Å². The number of hydrogen-bond acceptors (Lipinski definition) is 6. The van der Waals surface area contributed by atoms with Gasteiger partial charge in [-0.05, 0) is 50.8 Å². The number of carbonyl (C=O) groups excluding carboxylic acids is 1. The van der Waals surface area contributed by atoms with Crippen molar-refractivity contribution in [1.29, 1.82) is 0 Å². The van der Waals surface area contributed by atoms with Gasteiger partial charge in [0.15, 0.2) is 0 Å². The van der Waals surface area contributed by atoms with Crippen LogP contribution in [0, 0.1) is 6.92 Å². The Kier molecular flexibility index (Phi) is 7.87. The van der Waals surface area contributed by atoms with E-state index in [1.54, 1.807) is 30.7 Å². The molecule has 180 valence electrons. The standard InChI is InChI=1S/C27H29N5O3/c1-20-9-10-22(26-29-13-14-30-26)17-25(20)32(27(33)21-7-5-4-6-8-21)35-19-23-18-24(11-12-28-23)34-16-15-31(2)3/h4-14,17-18H,15-16,19H2,1-3H3,(H,29,30). The number of pyridine rings is 1. The number of rotatable bonds is 10. The summed E-state index contributed by atoms with van der Waals surface area (Å²) in [6, 6.07) is 18.5. The van der Waals surface area contributed by atoms with Gasteiger partial charge < -0.3 is 14.6 Å². The number of aryl methyl sites for hydroxylation is 1. The van der Waals surface area contributed by atoms with Gasteiger partial charge in [-0.1, -0.05) is 30.3 Å². The Morgan fingerprint density at radius 2 is 1.83 bits per heavy atom. The molecule has 1 N–H and O–H groups in total. The minimum absolute atomic E-state index is 0.0911. The summed E-state index contributed by atoms with van der Waals surface area (Å²) in [5, 5.41) is 1.33. The largest absolute Gasteiger partial charge is 0.492 e. The van der Waals surface area contributed by atoms with E-state index in [0.717, 1.165) is 17.7 Å². The second-order valence-electron chi connectivity index (χ2n) is 8.31. The predicted octanol–water partition coefficient (Wildman–Crippen LogP) is 4.50. The Morgan fingerprint density at radius 3 is 2.57 bits per heavy atom. The molecule has 8 heteroatoms. The van der Waals surface area contributed by atoms with Crippen LogP contribution < -0.4 is 9.80 Å². The molecule has 8 nitrogen and oxygen atoms in total. The lowest BCUT2D eigenvalue weighted by molar-refractivity contribution is 0.0590. The van der Waals surface area contributed by atoms with Gasteiger partial charge in [-0.3, -0.25) is 14.6 Å². The molecule has 1 amide bonds. The maximum absolute atomic E-state index is 13.5. The second-order valence-corrected chi connectivity index (χ2v) is 8.31. The Hall–Kier alpha value is -4.01. The molecule has 35 heavy (non-hydrogen) atoms. The van der Waals surface area contributed by atoms with Crippen molar-refractivity contribution in [3.05, 3.63) is 96.1 Å². The van der Waals surface area contributed by atoms with Crippen LogP contribution in [0.3, 0.4) is 0 Å². The van der Waals surface area contributed by atoms with Crippen molar-refractivity contribution in [2.75, 3.05) is 32.3 Å². The number of carbonyl (C=O) groups is 1. The molecule has 0 aliphatic carbocycles. The van der Waals surface area contributed by atoms with Gasteiger partial charge in [0, 0.05) is 42.3 Å². The van der Waals surface area contributed by atoms with E-state index in [1.165, 1.54) is 5.06 Å². The van der Waals surface area contributed by atoms with E-state index < -0.39 is 0 Å². The summed E-state index contributed by atoms with van der Waals surface area (Å²) in [5.41, 5.74) is 3.53. The zero-order valence-corrected chi connectivity index (χ0v) is 20.1. The lowest BCUT2D eigenvalue weighted by atomic mass is 10.1. The highest BCUT2D eigenvalue weighted by atomic mass is 16.7. The average Bonchev–Trinajstić information content (AvgIpc) is 3.41. The number of H-pyrrole nitrogens is 1. The van der Waals surface area contributed by atoms with Gasteiger partial charge in [0.25, 0.3) is 5.91 Å². The Morgan fingerprint density at radius 1 is 1.00 bits per heavy atom. The Bertz CT molecular complexity index is 1240. The maximum Gasteiger partial charge on any atom is 0.282 e. The third-order valence-electron chi connectivity index (χ3n) is 5.34. The van der Waals surface area contributed by atoms with Crippen molar-refractivity contribution in [2.45, 2.75) is 13.5 Å². The minimum Gasteiger partial charge on any atom is -0.492 e. The van der Waals surface area contributed by atoms with Crippen LogP contribution in [-0.2, 0) is 11.4 Å². The number of nitrogens with one attached hydrogen (secondary N) is 1. The summed E-state index contributed by atoms with van der Waals surface area (Å²) in [7, 11) is 3.99. The van der Waals surface area contributed by atoms with E-state index in [0.29, 0.717) is 35.1 Å². The monoisotopic (exact) mass is 471 g/mol. The molecule has 0 saturated carbocycles. The zero-order chi connectivity index (χ0) is 24.6. The normalized spacial score (nSPS) is 11.0. The topological polar surface area (TPSA) is 83.6 Å². The summed E-state index contributed by atoms with van der Waals surface area (Å²) in [4.78, 5) is 33.5. The molecule has 0 spiro atoms. The van der Waals surface area contributed by atoms with Crippen molar-refractivity contribution in [3.63, 3.8) is 0 Å². The molecule has 0 fully saturated rings. The molecule has 0 aliphatic rings. The van der Waals surface area contributed by atoms with Gasteiger partial charge >= 0.3 is 0 Å². The summed E-state index contributed by atoms with van der Waals surface area (Å²) >= 11 is 0. The van der Waals surface area contributed by atoms with E-state index in [1.807, 2.05) is 69.6 Å². The molecule has 2 aromatic carbocycles. The smallest absolute Gasteiger partial charge is 0.282 e. The summed E-state index contributed by atoms with van der Waals surface area (Å²) in [6.45, 7) is 3.40. The first-order chi connectivity index (χ1) is 17.0. The van der Waals surface area contributed by atoms with Gasteiger partial charge in [0.05, 0.1) is 11.4 Å². The van der Waals surface area contributed by atoms with Crippen molar-refractivity contribution < 1.29 is 14.4 Å². The van der Waals surface area contributed by atoms with Crippen LogP contribution >= 0.6 is 0 Å². The quantitative estimate of drug-likeness (QED) is 0.343. The van der Waals surface area contributed by atoms with Crippen LogP contribution in [0.4, 0.5) is 5.69 Å². The molecule has 0 bridgehead atoms. The molecule has 0 aliphatic heterocycles. The number of hydroxylamine groups is 1. The highest BCUT2D eigenvalue weighted by Crippen LogP contribution is 2.28. The number of anilines is 1. The van der Waals surface area contributed by atoms with Gasteiger partial charge in [-0.25, -0.2) is 4.98 Å². The fraction of sp³-hybridized carbons (Fsp3) is 0.222. The molecular formula is C27H29N5O3. The highest BCUT2D eigenvalue weighted by Gasteiger charge is 2.22. The number of hydrogen-bond donors (Lipinski definition) is 1. The first-order valence-corrected chi connectivity index (χ1v) is 11.4. The number of aromatic nitrogens is 3. The third kappa shape index (κ3) is 6.32. The molecule has 0 unspecified atom stereocenters. The van der Waals surface area contributed by atoms with Crippen molar-refractivity contribution in [2.24, 2.45) is 0 Å². The predicted molar refractivity (Wildman–Crippen MR) is 135 cm³/mol. The number of ether oxygens (including phenoxy) is 1. The molecule has 4 rings (SSSR count). The fourth-order valence-corrected chi connectivity index (χ4v) is 3.44. The number of benzene rings is 2. The first kappa shape index (κ1) is 24.1. The SMILES string of the molecule is Cc1ccc(-c2ncc[nH]2)cc1N(OCc1cc(OCCN(C)C)ccn1)C(=O)c1ccccc1. The van der Waals surface area contributed by atoms with Crippen LogP contribution in [0.2, 0.25) is 0 Å². The molecule has 0 radical (unpaired) electrons. The summed E-state index contributed by atoms with van der Waals surface area (Å²) in [6.07, 6.45) is 5.13. The molecule has 0 saturated heterocycles. The highest BCUT2D eigenvalue weighted by molar-refractivity contribution is 6.05. The number of imidazole rings is 1. The number of likely N-dealkylation sites (N-methyl/N-ethyl adjacent to an activating group) is 1. The molecule has 2 aromatic heterocycles. The van der Waals surface area contributed by atoms with Crippen LogP contribution in [-0.4, -0.2) is 53.0 Å². The Labute approximate surface area is 205 Å². The maximum atomic E-state index is 13.5. The lowest BCUT2D eigenvalue weighted by Crippen LogP contribution is -2.31. The lowest BCUT2D eigenvalue weighted by Gasteiger charge is -2.24. The van der Waals surface area contributed by atoms with Crippen LogP contribution in [0.15, 0.2) is 79.3 Å². The first-order valence-electron chi connectivity index (χ1n) is 11.4. The molecule has 2 heterocycles. The van der Waals surface area contributed by atoms with Crippen LogP contribution in [0.5, 0.6) is 5.75 Å². The average molecular weight is 472 g/mol. The van der Waals surface area contributed by atoms with Gasteiger partial charge in [-0.15, -0.1) is 0 Å². The van der Waals surface area contributed by atoms with Gasteiger partial charge in [0.2, 0.25) is 0 Å². The van der Waals surface area contributed by atoms with Gasteiger partial charge in [-0.2, -0.15) is 5.06 Å². The number of nitrogens with zero attached hydrogens (tertiary/aromatic N) is 4. The third-order valence-corrected chi connectivity index (χ3v) is 5.34. The second kappa shape index (κ2) is 11.4. The van der Waals surface area contributed by atoms with E-state index in [9.17, 15) is 4.79 Å². The summed E-state index contributed by atoms with van der Waals surface area (Å²) < 4.78 is 5.81. The Balaban J connectivity index is 1.60. The molecule has 4 aromatic rings. The van der Waals surface area contributed by atoms with Gasteiger partial charge in [0.1, 0.15) is 24.8 Å². The number of aromatic amines is 1. The molecular weight excluding hydrogens is 442 g/mol.